The summed E-state index contributed by atoms with van der Waals surface area (Å²) in [7, 11) is -1.68. The first kappa shape index (κ1) is 18.2. The van der Waals surface area contributed by atoms with Gasteiger partial charge in [0, 0.05) is 39.3 Å². The van der Waals surface area contributed by atoms with Crippen LogP contribution in [-0.4, -0.2) is 59.7 Å². The molecular formula is C17H23N3O3S2. The monoisotopic (exact) mass is 381 g/mol. The Morgan fingerprint density at radius 2 is 1.88 bits per heavy atom. The van der Waals surface area contributed by atoms with Crippen molar-refractivity contribution in [2.75, 3.05) is 51.3 Å². The number of anilines is 1. The standard InChI is InChI=1S/C17H23N3O3S2/c1-23-16-6-3-2-5-15(16)20-12-10-19(11-13-20)9-8-18-25(21,22)17-7-4-14-24-17/h2-7,14,18H,8-13H2,1H3. The van der Waals surface area contributed by atoms with Crippen molar-refractivity contribution in [2.45, 2.75) is 4.21 Å². The average Bonchev–Trinajstić information content (AvgIpc) is 3.18. The first-order valence-electron chi connectivity index (χ1n) is 8.23. The van der Waals surface area contributed by atoms with Gasteiger partial charge in [0.1, 0.15) is 9.96 Å². The quantitative estimate of drug-likeness (QED) is 0.793. The van der Waals surface area contributed by atoms with Gasteiger partial charge in [-0.15, -0.1) is 11.3 Å². The maximum atomic E-state index is 12.1. The Kier molecular flexibility index (Phi) is 5.95. The van der Waals surface area contributed by atoms with Crippen LogP contribution in [0.1, 0.15) is 0 Å². The molecule has 25 heavy (non-hydrogen) atoms. The zero-order valence-electron chi connectivity index (χ0n) is 14.2. The SMILES string of the molecule is COc1ccccc1N1CCN(CCNS(=O)(=O)c2cccs2)CC1. The van der Waals surface area contributed by atoms with E-state index in [1.807, 2.05) is 18.2 Å². The third-order valence-corrected chi connectivity index (χ3v) is 7.14. The number of sulfonamides is 1. The number of nitrogens with one attached hydrogen (secondary N) is 1. The summed E-state index contributed by atoms with van der Waals surface area (Å²) in [5.74, 6) is 0.889. The first-order chi connectivity index (χ1) is 12.1. The van der Waals surface area contributed by atoms with Crippen molar-refractivity contribution in [3.8, 4) is 5.75 Å². The number of thiophene rings is 1. The normalized spacial score (nSPS) is 16.1. The number of benzene rings is 1. The van der Waals surface area contributed by atoms with Crippen molar-refractivity contribution in [3.63, 3.8) is 0 Å². The highest BCUT2D eigenvalue weighted by molar-refractivity contribution is 7.91. The zero-order chi connectivity index (χ0) is 17.7. The predicted molar refractivity (Wildman–Crippen MR) is 101 cm³/mol. The van der Waals surface area contributed by atoms with Gasteiger partial charge in [0.2, 0.25) is 10.0 Å². The summed E-state index contributed by atoms with van der Waals surface area (Å²) in [6, 6.07) is 11.4. The highest BCUT2D eigenvalue weighted by Gasteiger charge is 2.20. The Morgan fingerprint density at radius 1 is 1.12 bits per heavy atom. The maximum Gasteiger partial charge on any atom is 0.250 e. The van der Waals surface area contributed by atoms with Crippen molar-refractivity contribution < 1.29 is 13.2 Å². The smallest absolute Gasteiger partial charge is 0.250 e. The van der Waals surface area contributed by atoms with Crippen LogP contribution in [0.2, 0.25) is 0 Å². The van der Waals surface area contributed by atoms with Gasteiger partial charge in [-0.1, -0.05) is 18.2 Å². The molecule has 0 saturated carbocycles. The molecule has 0 bridgehead atoms. The molecule has 0 amide bonds. The number of piperazine rings is 1. The van der Waals surface area contributed by atoms with Gasteiger partial charge < -0.3 is 9.64 Å². The number of hydrogen-bond donors (Lipinski definition) is 1. The molecule has 1 aliphatic heterocycles. The number of para-hydroxylation sites is 2. The first-order valence-corrected chi connectivity index (χ1v) is 10.6. The molecule has 136 valence electrons. The van der Waals surface area contributed by atoms with E-state index in [2.05, 4.69) is 20.6 Å². The van der Waals surface area contributed by atoms with Crippen molar-refractivity contribution in [3.05, 3.63) is 41.8 Å². The van der Waals surface area contributed by atoms with Gasteiger partial charge in [0.25, 0.3) is 0 Å². The lowest BCUT2D eigenvalue weighted by Gasteiger charge is -2.36. The fraction of sp³-hybridized carbons (Fsp3) is 0.412. The molecule has 6 nitrogen and oxygen atoms in total. The molecule has 1 aliphatic rings. The second-order valence-electron chi connectivity index (χ2n) is 5.83. The highest BCUT2D eigenvalue weighted by atomic mass is 32.2. The molecule has 1 aromatic carbocycles. The van der Waals surface area contributed by atoms with Crippen molar-refractivity contribution in [1.29, 1.82) is 0 Å². The van der Waals surface area contributed by atoms with Gasteiger partial charge in [0.05, 0.1) is 12.8 Å². The predicted octanol–water partition coefficient (Wildman–Crippen LogP) is 1.86. The Hall–Kier alpha value is -1.61. The van der Waals surface area contributed by atoms with Crippen LogP contribution in [-0.2, 0) is 10.0 Å². The van der Waals surface area contributed by atoms with Crippen molar-refractivity contribution in [2.24, 2.45) is 0 Å². The van der Waals surface area contributed by atoms with Gasteiger partial charge in [-0.25, -0.2) is 13.1 Å². The number of ether oxygens (including phenoxy) is 1. The van der Waals surface area contributed by atoms with Gasteiger partial charge in [-0.3, -0.25) is 4.90 Å². The summed E-state index contributed by atoms with van der Waals surface area (Å²) in [5, 5.41) is 1.77. The van der Waals surface area contributed by atoms with Crippen LogP contribution >= 0.6 is 11.3 Å². The number of methoxy groups -OCH3 is 1. The van der Waals surface area contributed by atoms with Crippen LogP contribution in [0, 0.1) is 0 Å². The van der Waals surface area contributed by atoms with Gasteiger partial charge >= 0.3 is 0 Å². The molecule has 1 aromatic heterocycles. The van der Waals surface area contributed by atoms with Gasteiger partial charge in [0.15, 0.2) is 0 Å². The average molecular weight is 382 g/mol. The van der Waals surface area contributed by atoms with Gasteiger partial charge in [-0.2, -0.15) is 0 Å². The highest BCUT2D eigenvalue weighted by Crippen LogP contribution is 2.28. The summed E-state index contributed by atoms with van der Waals surface area (Å²) in [6.45, 7) is 4.74. The summed E-state index contributed by atoms with van der Waals surface area (Å²) >= 11 is 1.23. The molecule has 0 atom stereocenters. The van der Waals surface area contributed by atoms with E-state index in [1.54, 1.807) is 24.6 Å². The number of hydrogen-bond acceptors (Lipinski definition) is 6. The molecule has 1 N–H and O–H groups in total. The van der Waals surface area contributed by atoms with E-state index in [-0.39, 0.29) is 0 Å². The minimum absolute atomic E-state index is 0.369. The lowest BCUT2D eigenvalue weighted by molar-refractivity contribution is 0.261. The van der Waals surface area contributed by atoms with E-state index in [9.17, 15) is 8.42 Å². The van der Waals surface area contributed by atoms with Crippen molar-refractivity contribution >= 4 is 27.0 Å². The molecule has 0 radical (unpaired) electrons. The summed E-state index contributed by atoms with van der Waals surface area (Å²) in [5.41, 5.74) is 1.11. The molecule has 8 heteroatoms. The van der Waals surface area contributed by atoms with Crippen LogP contribution in [0.25, 0.3) is 0 Å². The third kappa shape index (κ3) is 4.52. The van der Waals surface area contributed by atoms with Crippen LogP contribution in [0.5, 0.6) is 5.75 Å². The molecule has 1 saturated heterocycles. The Balaban J connectivity index is 1.47. The third-order valence-electron chi connectivity index (χ3n) is 4.28. The lowest BCUT2D eigenvalue weighted by Crippen LogP contribution is -2.48. The van der Waals surface area contributed by atoms with E-state index in [0.29, 0.717) is 17.3 Å². The topological polar surface area (TPSA) is 61.9 Å². The van der Waals surface area contributed by atoms with E-state index < -0.39 is 10.0 Å². The molecule has 0 unspecified atom stereocenters. The molecule has 0 aliphatic carbocycles. The van der Waals surface area contributed by atoms with Crippen LogP contribution in [0.4, 0.5) is 5.69 Å². The summed E-state index contributed by atoms with van der Waals surface area (Å²) in [4.78, 5) is 4.59. The van der Waals surface area contributed by atoms with E-state index in [0.717, 1.165) is 37.6 Å². The van der Waals surface area contributed by atoms with Crippen LogP contribution in [0.15, 0.2) is 46.0 Å². The second kappa shape index (κ2) is 8.18. The van der Waals surface area contributed by atoms with E-state index >= 15 is 0 Å². The largest absolute Gasteiger partial charge is 0.495 e. The molecule has 1 fully saturated rings. The second-order valence-corrected chi connectivity index (χ2v) is 8.77. The summed E-state index contributed by atoms with van der Waals surface area (Å²) < 4.78 is 32.7. The van der Waals surface area contributed by atoms with Gasteiger partial charge in [-0.05, 0) is 23.6 Å². The molecule has 2 heterocycles. The molecular weight excluding hydrogens is 358 g/mol. The van der Waals surface area contributed by atoms with E-state index in [1.165, 1.54) is 11.3 Å². The fourth-order valence-corrected chi connectivity index (χ4v) is 4.99. The zero-order valence-corrected chi connectivity index (χ0v) is 15.9. The summed E-state index contributed by atoms with van der Waals surface area (Å²) in [6.07, 6.45) is 0. The lowest BCUT2D eigenvalue weighted by atomic mass is 10.2. The fourth-order valence-electron chi connectivity index (χ4n) is 2.93. The minimum Gasteiger partial charge on any atom is -0.495 e. The van der Waals surface area contributed by atoms with E-state index in [4.69, 9.17) is 4.74 Å². The van der Waals surface area contributed by atoms with Crippen LogP contribution in [0.3, 0.4) is 0 Å². The Labute approximate surface area is 153 Å². The Morgan fingerprint density at radius 3 is 2.56 bits per heavy atom. The Bertz CT molecular complexity index is 770. The number of nitrogens with zero attached hydrogens (tertiary/aromatic N) is 2. The molecule has 3 rings (SSSR count). The molecule has 0 spiro atoms. The number of rotatable bonds is 7. The van der Waals surface area contributed by atoms with Crippen molar-refractivity contribution in [1.82, 2.24) is 9.62 Å². The minimum atomic E-state index is -3.37. The maximum absolute atomic E-state index is 12.1. The molecule has 2 aromatic rings. The van der Waals surface area contributed by atoms with Crippen LogP contribution < -0.4 is 14.4 Å².